The van der Waals surface area contributed by atoms with E-state index in [-0.39, 0.29) is 0 Å². The molecule has 0 bridgehead atoms. The first-order valence-corrected chi connectivity index (χ1v) is 3.73. The second-order valence-corrected chi connectivity index (χ2v) is 2.96. The highest BCUT2D eigenvalue weighted by Crippen LogP contribution is 2.10. The number of aliphatic hydroxyl groups excluding tert-OH is 4. The molecule has 1 heterocycles. The summed E-state index contributed by atoms with van der Waals surface area (Å²) in [5.41, 5.74) is 5.25. The number of carbonyl (C=O) groups excluding carboxylic acids is 1. The zero-order valence-electron chi connectivity index (χ0n) is 6.66. The molecule has 7 heteroatoms. The summed E-state index contributed by atoms with van der Waals surface area (Å²) in [4.78, 5) is 10.9. The van der Waals surface area contributed by atoms with Crippen molar-refractivity contribution in [3.63, 3.8) is 0 Å². The summed E-state index contributed by atoms with van der Waals surface area (Å²) in [6.07, 6.45) is -6.50. The highest BCUT2D eigenvalue weighted by atomic mass is 16.4. The van der Waals surface area contributed by atoms with E-state index in [0.29, 0.717) is 0 Å². The van der Waals surface area contributed by atoms with Gasteiger partial charge in [0.05, 0.1) is 6.04 Å². The number of hydrogen-bond donors (Lipinski definition) is 6. The third-order valence-electron chi connectivity index (χ3n) is 1.99. The van der Waals surface area contributed by atoms with Crippen LogP contribution in [0.3, 0.4) is 0 Å². The van der Waals surface area contributed by atoms with E-state index in [4.69, 9.17) is 21.1 Å². The van der Waals surface area contributed by atoms with Crippen molar-refractivity contribution in [1.29, 1.82) is 0 Å². The molecule has 1 amide bonds. The monoisotopic (exact) mass is 192 g/mol. The van der Waals surface area contributed by atoms with Gasteiger partial charge in [0.25, 0.3) is 5.91 Å². The third kappa shape index (κ3) is 1.79. The molecule has 1 aliphatic heterocycles. The molecule has 0 saturated carbocycles. The molecule has 1 fully saturated rings. The molecule has 0 aromatic rings. The summed E-state index contributed by atoms with van der Waals surface area (Å²) in [5.74, 6) is -0.966. The van der Waals surface area contributed by atoms with Gasteiger partial charge in [-0.15, -0.1) is 0 Å². The fourth-order valence-corrected chi connectivity index (χ4v) is 1.08. The number of nitrogens with two attached hydrogens (primary N) is 1. The van der Waals surface area contributed by atoms with Crippen LogP contribution in [0.25, 0.3) is 0 Å². The zero-order valence-corrected chi connectivity index (χ0v) is 6.66. The van der Waals surface area contributed by atoms with Crippen LogP contribution in [-0.2, 0) is 4.79 Å². The van der Waals surface area contributed by atoms with Crippen molar-refractivity contribution in [3.05, 3.63) is 0 Å². The SMILES string of the molecule is N[C@@H]1C(O)NC(=O)[C@H](O)[C@@H](O)[C@@H]1O. The molecule has 7 N–H and O–H groups in total. The molecule has 0 aromatic heterocycles. The third-order valence-corrected chi connectivity index (χ3v) is 1.99. The Morgan fingerprint density at radius 3 is 2.23 bits per heavy atom. The van der Waals surface area contributed by atoms with E-state index in [1.807, 2.05) is 5.32 Å². The molecule has 1 aliphatic rings. The molecule has 13 heavy (non-hydrogen) atoms. The number of aliphatic hydroxyl groups is 4. The first kappa shape index (κ1) is 10.4. The molecule has 0 spiro atoms. The predicted molar refractivity (Wildman–Crippen MR) is 40.1 cm³/mol. The van der Waals surface area contributed by atoms with Crippen LogP contribution in [0, 0.1) is 0 Å². The second kappa shape index (κ2) is 3.56. The van der Waals surface area contributed by atoms with Crippen LogP contribution in [0.4, 0.5) is 0 Å². The lowest BCUT2D eigenvalue weighted by atomic mass is 10.0. The molecular formula is C6H12N2O5. The van der Waals surface area contributed by atoms with Gasteiger partial charge >= 0.3 is 0 Å². The Bertz CT molecular complexity index is 211. The normalized spacial score (nSPS) is 46.8. The van der Waals surface area contributed by atoms with E-state index in [0.717, 1.165) is 0 Å². The van der Waals surface area contributed by atoms with Crippen molar-refractivity contribution in [2.24, 2.45) is 5.73 Å². The maximum Gasteiger partial charge on any atom is 0.253 e. The standard InChI is InChI=1S/C6H12N2O5/c7-1-2(9)3(10)4(11)6(13)8-5(1)12/h1-5,9-12H,7H2,(H,8,13)/t1-,2+,3-,4+,5?/m0/s1. The fourth-order valence-electron chi connectivity index (χ4n) is 1.08. The number of carbonyl (C=O) groups is 1. The number of rotatable bonds is 0. The minimum absolute atomic E-state index is 0.966. The zero-order chi connectivity index (χ0) is 10.2. The molecule has 1 unspecified atom stereocenters. The lowest BCUT2D eigenvalue weighted by Crippen LogP contribution is -2.52. The van der Waals surface area contributed by atoms with E-state index in [1.165, 1.54) is 0 Å². The van der Waals surface area contributed by atoms with Gasteiger partial charge in [-0.1, -0.05) is 0 Å². The van der Waals surface area contributed by atoms with Crippen LogP contribution in [-0.4, -0.2) is 56.9 Å². The van der Waals surface area contributed by atoms with Crippen LogP contribution >= 0.6 is 0 Å². The highest BCUT2D eigenvalue weighted by molar-refractivity contribution is 5.81. The van der Waals surface area contributed by atoms with Gasteiger partial charge in [0, 0.05) is 0 Å². The summed E-state index contributed by atoms with van der Waals surface area (Å²) in [5, 5.41) is 38.4. The van der Waals surface area contributed by atoms with Gasteiger partial charge in [0.1, 0.15) is 18.4 Å². The van der Waals surface area contributed by atoms with E-state index < -0.39 is 36.5 Å². The second-order valence-electron chi connectivity index (χ2n) is 2.96. The maximum absolute atomic E-state index is 10.9. The molecular weight excluding hydrogens is 180 g/mol. The Morgan fingerprint density at radius 2 is 1.69 bits per heavy atom. The van der Waals surface area contributed by atoms with E-state index >= 15 is 0 Å². The van der Waals surface area contributed by atoms with Crippen LogP contribution in [0.1, 0.15) is 0 Å². The van der Waals surface area contributed by atoms with E-state index in [2.05, 4.69) is 0 Å². The van der Waals surface area contributed by atoms with Crippen LogP contribution < -0.4 is 11.1 Å². The molecule has 7 nitrogen and oxygen atoms in total. The van der Waals surface area contributed by atoms with Crippen LogP contribution in [0.15, 0.2) is 0 Å². The largest absolute Gasteiger partial charge is 0.388 e. The number of amides is 1. The Balaban J connectivity index is 2.85. The average Bonchev–Trinajstić information content (AvgIpc) is 2.15. The van der Waals surface area contributed by atoms with Crippen molar-refractivity contribution >= 4 is 5.91 Å². The van der Waals surface area contributed by atoms with Crippen molar-refractivity contribution in [3.8, 4) is 0 Å². The summed E-state index contributed by atoms with van der Waals surface area (Å²) < 4.78 is 0. The van der Waals surface area contributed by atoms with Crippen molar-refractivity contribution < 1.29 is 25.2 Å². The van der Waals surface area contributed by atoms with E-state index in [9.17, 15) is 9.90 Å². The van der Waals surface area contributed by atoms with E-state index in [1.54, 1.807) is 0 Å². The molecule has 76 valence electrons. The van der Waals surface area contributed by atoms with Gasteiger partial charge in [-0.3, -0.25) is 4.79 Å². The van der Waals surface area contributed by atoms with Gasteiger partial charge in [-0.25, -0.2) is 0 Å². The molecule has 1 saturated heterocycles. The molecule has 5 atom stereocenters. The van der Waals surface area contributed by atoms with Gasteiger partial charge in [0.15, 0.2) is 6.10 Å². The van der Waals surface area contributed by atoms with Gasteiger partial charge in [-0.05, 0) is 0 Å². The van der Waals surface area contributed by atoms with Crippen LogP contribution in [0.5, 0.6) is 0 Å². The van der Waals surface area contributed by atoms with Crippen molar-refractivity contribution in [1.82, 2.24) is 5.32 Å². The van der Waals surface area contributed by atoms with Gasteiger partial charge in [-0.2, -0.15) is 0 Å². The smallest absolute Gasteiger partial charge is 0.253 e. The fraction of sp³-hybridized carbons (Fsp3) is 0.833. The molecule has 0 aromatic carbocycles. The maximum atomic E-state index is 10.9. The first-order valence-electron chi connectivity index (χ1n) is 3.73. The quantitative estimate of drug-likeness (QED) is 0.230. The Labute approximate surface area is 73.8 Å². The van der Waals surface area contributed by atoms with Crippen molar-refractivity contribution in [2.75, 3.05) is 0 Å². The highest BCUT2D eigenvalue weighted by Gasteiger charge is 2.41. The number of nitrogens with one attached hydrogen (secondary N) is 1. The summed E-state index contributed by atoms with van der Waals surface area (Å²) in [6.45, 7) is 0. The average molecular weight is 192 g/mol. The molecule has 0 aliphatic carbocycles. The topological polar surface area (TPSA) is 136 Å². The van der Waals surface area contributed by atoms with Crippen molar-refractivity contribution in [2.45, 2.75) is 30.6 Å². The first-order chi connectivity index (χ1) is 5.95. The molecule has 0 radical (unpaired) electrons. The molecule has 1 rings (SSSR count). The van der Waals surface area contributed by atoms with Gasteiger partial charge < -0.3 is 31.5 Å². The van der Waals surface area contributed by atoms with Crippen LogP contribution in [0.2, 0.25) is 0 Å². The summed E-state index contributed by atoms with van der Waals surface area (Å²) >= 11 is 0. The Morgan fingerprint density at radius 1 is 1.15 bits per heavy atom. The Hall–Kier alpha value is -0.730. The number of hydrogen-bond acceptors (Lipinski definition) is 6. The minimum Gasteiger partial charge on any atom is -0.388 e. The lowest BCUT2D eigenvalue weighted by molar-refractivity contribution is -0.138. The predicted octanol–water partition coefficient (Wildman–Crippen LogP) is -4.16. The van der Waals surface area contributed by atoms with Gasteiger partial charge in [0.2, 0.25) is 0 Å². The lowest BCUT2D eigenvalue weighted by Gasteiger charge is -2.23. The summed E-state index contributed by atoms with van der Waals surface area (Å²) in [7, 11) is 0. The minimum atomic E-state index is -1.78. The summed E-state index contributed by atoms with van der Waals surface area (Å²) in [6, 6.07) is -1.23. The Kier molecular flexibility index (Phi) is 2.84.